The fraction of sp³-hybridized carbons (Fsp3) is 0.261. The normalized spacial score (nSPS) is 12.0. The molecule has 0 saturated heterocycles. The standard InChI is InChI=1S/C23H20F4N4O/c1-13-18(8-14-6-4-5-7-19(14)32-22(25)26)31-12-16(17(24)9-20(31)30-13)15-10-28-21(29-11-15)23(2,3)27/h4-7,9-12,22H,8H2,1-3H3. The third-order valence-corrected chi connectivity index (χ3v) is 5.05. The Hall–Kier alpha value is -3.49. The van der Waals surface area contributed by atoms with Crippen LogP contribution < -0.4 is 4.74 Å². The summed E-state index contributed by atoms with van der Waals surface area (Å²) >= 11 is 0. The average Bonchev–Trinajstić information content (AvgIpc) is 3.02. The van der Waals surface area contributed by atoms with Crippen LogP contribution in [-0.2, 0) is 12.1 Å². The number of fused-ring (bicyclic) bond motifs is 1. The van der Waals surface area contributed by atoms with E-state index < -0.39 is 18.1 Å². The number of benzene rings is 1. The number of nitrogens with zero attached hydrogens (tertiary/aromatic N) is 4. The lowest BCUT2D eigenvalue weighted by Crippen LogP contribution is -2.13. The maximum absolute atomic E-state index is 14.8. The Morgan fingerprint density at radius 2 is 1.81 bits per heavy atom. The molecule has 32 heavy (non-hydrogen) atoms. The van der Waals surface area contributed by atoms with Gasteiger partial charge >= 0.3 is 6.61 Å². The molecule has 0 aliphatic carbocycles. The average molecular weight is 444 g/mol. The molecular formula is C23H20F4N4O. The molecule has 0 atom stereocenters. The Labute approximate surface area is 181 Å². The first-order valence-electron chi connectivity index (χ1n) is 9.85. The van der Waals surface area contributed by atoms with Gasteiger partial charge in [0.05, 0.1) is 5.69 Å². The molecule has 5 nitrogen and oxygen atoms in total. The Morgan fingerprint density at radius 1 is 1.12 bits per heavy atom. The number of hydrogen-bond acceptors (Lipinski definition) is 4. The second-order valence-corrected chi connectivity index (χ2v) is 7.84. The molecule has 3 aromatic heterocycles. The Morgan fingerprint density at radius 3 is 2.47 bits per heavy atom. The summed E-state index contributed by atoms with van der Waals surface area (Å²) in [6.07, 6.45) is 4.52. The van der Waals surface area contributed by atoms with Crippen LogP contribution in [0.25, 0.3) is 16.8 Å². The van der Waals surface area contributed by atoms with Crippen LogP contribution in [0.4, 0.5) is 17.6 Å². The summed E-state index contributed by atoms with van der Waals surface area (Å²) < 4.78 is 60.8. The topological polar surface area (TPSA) is 52.3 Å². The van der Waals surface area contributed by atoms with Crippen LogP contribution in [0.1, 0.15) is 36.6 Å². The molecule has 3 heterocycles. The van der Waals surface area contributed by atoms with Gasteiger partial charge in [-0.15, -0.1) is 0 Å². The summed E-state index contributed by atoms with van der Waals surface area (Å²) in [5, 5.41) is 0. The molecule has 1 aromatic carbocycles. The number of rotatable bonds is 6. The van der Waals surface area contributed by atoms with Crippen LogP contribution >= 0.6 is 0 Å². The summed E-state index contributed by atoms with van der Waals surface area (Å²) in [5.74, 6) is -0.471. The molecular weight excluding hydrogens is 424 g/mol. The van der Waals surface area contributed by atoms with Crippen molar-refractivity contribution in [3.05, 3.63) is 77.5 Å². The predicted molar refractivity (Wildman–Crippen MR) is 111 cm³/mol. The largest absolute Gasteiger partial charge is 0.435 e. The first kappa shape index (κ1) is 21.7. The molecule has 0 spiro atoms. The molecule has 0 unspecified atom stereocenters. The predicted octanol–water partition coefficient (Wildman–Crippen LogP) is 5.64. The lowest BCUT2D eigenvalue weighted by atomic mass is 10.1. The molecule has 0 aliphatic rings. The third-order valence-electron chi connectivity index (χ3n) is 5.05. The zero-order chi connectivity index (χ0) is 23.0. The number of halogens is 4. The van der Waals surface area contributed by atoms with Crippen molar-refractivity contribution in [2.45, 2.75) is 39.5 Å². The summed E-state index contributed by atoms with van der Waals surface area (Å²) in [6.45, 7) is 1.49. The van der Waals surface area contributed by atoms with Crippen LogP contribution in [0.5, 0.6) is 5.75 Å². The number of pyridine rings is 1. The van der Waals surface area contributed by atoms with E-state index in [0.29, 0.717) is 28.2 Å². The third kappa shape index (κ3) is 4.28. The molecule has 4 rings (SSSR count). The molecule has 166 valence electrons. The van der Waals surface area contributed by atoms with Crippen LogP contribution in [-0.4, -0.2) is 26.0 Å². The second kappa shape index (κ2) is 8.22. The summed E-state index contributed by atoms with van der Waals surface area (Å²) in [5.41, 5.74) is 1.08. The van der Waals surface area contributed by atoms with Gasteiger partial charge in [-0.3, -0.25) is 0 Å². The maximum Gasteiger partial charge on any atom is 0.387 e. The zero-order valence-electron chi connectivity index (χ0n) is 17.6. The number of aryl methyl sites for hydroxylation is 1. The Kier molecular flexibility index (Phi) is 5.58. The minimum atomic E-state index is -2.95. The van der Waals surface area contributed by atoms with Crippen molar-refractivity contribution < 1.29 is 22.3 Å². The van der Waals surface area contributed by atoms with Gasteiger partial charge in [-0.2, -0.15) is 8.78 Å². The number of ether oxygens (including phenoxy) is 1. The minimum absolute atomic E-state index is 0.00228. The highest BCUT2D eigenvalue weighted by atomic mass is 19.3. The molecule has 0 saturated carbocycles. The number of hydrogen-bond donors (Lipinski definition) is 0. The van der Waals surface area contributed by atoms with Gasteiger partial charge in [-0.05, 0) is 26.8 Å². The van der Waals surface area contributed by atoms with Gasteiger partial charge in [0, 0.05) is 53.5 Å². The maximum atomic E-state index is 14.8. The van der Waals surface area contributed by atoms with E-state index in [4.69, 9.17) is 0 Å². The van der Waals surface area contributed by atoms with Gasteiger partial charge < -0.3 is 9.14 Å². The van der Waals surface area contributed by atoms with Gasteiger partial charge in [-0.1, -0.05) is 18.2 Å². The van der Waals surface area contributed by atoms with E-state index in [9.17, 15) is 17.6 Å². The van der Waals surface area contributed by atoms with Crippen molar-refractivity contribution >= 4 is 5.65 Å². The molecule has 0 bridgehead atoms. The minimum Gasteiger partial charge on any atom is -0.435 e. The van der Waals surface area contributed by atoms with E-state index in [1.54, 1.807) is 35.7 Å². The van der Waals surface area contributed by atoms with E-state index >= 15 is 0 Å². The van der Waals surface area contributed by atoms with Gasteiger partial charge in [0.2, 0.25) is 0 Å². The van der Waals surface area contributed by atoms with Crippen molar-refractivity contribution in [1.82, 2.24) is 19.4 Å². The van der Waals surface area contributed by atoms with Crippen LogP contribution in [0.15, 0.2) is 48.9 Å². The highest BCUT2D eigenvalue weighted by Crippen LogP contribution is 2.29. The van der Waals surface area contributed by atoms with Gasteiger partial charge in [-0.25, -0.2) is 23.7 Å². The number of alkyl halides is 3. The monoisotopic (exact) mass is 444 g/mol. The van der Waals surface area contributed by atoms with E-state index in [2.05, 4.69) is 19.7 Å². The number of para-hydroxylation sites is 1. The molecule has 0 N–H and O–H groups in total. The summed E-state index contributed by atoms with van der Waals surface area (Å²) in [6, 6.07) is 7.77. The first-order chi connectivity index (χ1) is 15.1. The van der Waals surface area contributed by atoms with E-state index in [1.807, 2.05) is 0 Å². The number of imidazole rings is 1. The SMILES string of the molecule is Cc1nc2cc(F)c(-c3cnc(C(C)(C)F)nc3)cn2c1Cc1ccccc1OC(F)F. The van der Waals surface area contributed by atoms with Crippen molar-refractivity contribution in [3.63, 3.8) is 0 Å². The van der Waals surface area contributed by atoms with E-state index in [0.717, 1.165) is 0 Å². The van der Waals surface area contributed by atoms with E-state index in [-0.39, 0.29) is 23.6 Å². The molecule has 0 amide bonds. The highest BCUT2D eigenvalue weighted by molar-refractivity contribution is 5.64. The smallest absolute Gasteiger partial charge is 0.387 e. The summed E-state index contributed by atoms with van der Waals surface area (Å²) in [4.78, 5) is 12.4. The molecule has 0 aliphatic heterocycles. The molecule has 4 aromatic rings. The fourth-order valence-corrected chi connectivity index (χ4v) is 3.47. The lowest BCUT2D eigenvalue weighted by Gasteiger charge is -2.13. The van der Waals surface area contributed by atoms with Crippen molar-refractivity contribution in [1.29, 1.82) is 0 Å². The van der Waals surface area contributed by atoms with Gasteiger partial charge in [0.1, 0.15) is 17.2 Å². The zero-order valence-corrected chi connectivity index (χ0v) is 17.6. The molecule has 0 radical (unpaired) electrons. The molecule has 9 heteroatoms. The quantitative estimate of drug-likeness (QED) is 0.362. The van der Waals surface area contributed by atoms with Crippen molar-refractivity contribution in [3.8, 4) is 16.9 Å². The van der Waals surface area contributed by atoms with Crippen LogP contribution in [0.3, 0.4) is 0 Å². The number of aromatic nitrogens is 4. The van der Waals surface area contributed by atoms with Crippen LogP contribution in [0, 0.1) is 12.7 Å². The highest BCUT2D eigenvalue weighted by Gasteiger charge is 2.23. The fourth-order valence-electron chi connectivity index (χ4n) is 3.47. The summed E-state index contributed by atoms with van der Waals surface area (Å²) in [7, 11) is 0. The van der Waals surface area contributed by atoms with Gasteiger partial charge in [0.25, 0.3) is 0 Å². The molecule has 0 fully saturated rings. The first-order valence-corrected chi connectivity index (χ1v) is 9.85. The second-order valence-electron chi connectivity index (χ2n) is 7.84. The van der Waals surface area contributed by atoms with Crippen molar-refractivity contribution in [2.24, 2.45) is 0 Å². The lowest BCUT2D eigenvalue weighted by molar-refractivity contribution is -0.0504. The van der Waals surface area contributed by atoms with Crippen molar-refractivity contribution in [2.75, 3.05) is 0 Å². The Balaban J connectivity index is 1.77. The van der Waals surface area contributed by atoms with Gasteiger partial charge in [0.15, 0.2) is 11.5 Å². The Bertz CT molecular complexity index is 1260. The van der Waals surface area contributed by atoms with E-state index in [1.165, 1.54) is 38.4 Å². The van der Waals surface area contributed by atoms with Crippen LogP contribution in [0.2, 0.25) is 0 Å².